The third-order valence-electron chi connectivity index (χ3n) is 2.71. The van der Waals surface area contributed by atoms with Gasteiger partial charge in [0.25, 0.3) is 5.91 Å². The molecule has 1 amide bonds. The first kappa shape index (κ1) is 15.6. The lowest BCUT2D eigenvalue weighted by Crippen LogP contribution is -2.15. The second-order valence-corrected chi connectivity index (χ2v) is 5.26. The van der Waals surface area contributed by atoms with Gasteiger partial charge in [-0.2, -0.15) is 0 Å². The number of rotatable bonds is 5. The molecule has 0 aliphatic heterocycles. The summed E-state index contributed by atoms with van der Waals surface area (Å²) in [5.74, 6) is 0.334. The lowest BCUT2D eigenvalue weighted by molar-refractivity contribution is 0.102. The molecule has 0 aliphatic carbocycles. The van der Waals surface area contributed by atoms with Crippen LogP contribution in [0.25, 0.3) is 0 Å². The molecule has 2 rings (SSSR count). The van der Waals surface area contributed by atoms with E-state index >= 15 is 0 Å². The van der Waals surface area contributed by atoms with Crippen LogP contribution in [-0.4, -0.2) is 17.4 Å². The zero-order chi connectivity index (χ0) is 15.2. The van der Waals surface area contributed by atoms with E-state index in [1.54, 1.807) is 30.3 Å². The van der Waals surface area contributed by atoms with Crippen LogP contribution < -0.4 is 10.6 Å². The van der Waals surface area contributed by atoms with E-state index in [-0.39, 0.29) is 5.91 Å². The van der Waals surface area contributed by atoms with Crippen molar-refractivity contribution < 1.29 is 4.79 Å². The summed E-state index contributed by atoms with van der Waals surface area (Å²) >= 11 is 11.9. The molecule has 0 radical (unpaired) electrons. The zero-order valence-corrected chi connectivity index (χ0v) is 13.0. The first-order chi connectivity index (χ1) is 10.1. The number of carbonyl (C=O) groups is 1. The van der Waals surface area contributed by atoms with Crippen molar-refractivity contribution in [3.8, 4) is 0 Å². The number of benzene rings is 1. The Morgan fingerprint density at radius 2 is 2.05 bits per heavy atom. The van der Waals surface area contributed by atoms with Crippen molar-refractivity contribution in [1.29, 1.82) is 0 Å². The SMILES string of the molecule is CCCNc1cccc(C(=O)Nc2cc(Cl)ccc2Cl)n1. The Kier molecular flexibility index (Phi) is 5.42. The Labute approximate surface area is 133 Å². The van der Waals surface area contributed by atoms with Gasteiger partial charge >= 0.3 is 0 Å². The fraction of sp³-hybridized carbons (Fsp3) is 0.200. The van der Waals surface area contributed by atoms with Crippen LogP contribution in [0.1, 0.15) is 23.8 Å². The number of halogens is 2. The van der Waals surface area contributed by atoms with Crippen LogP contribution >= 0.6 is 23.2 Å². The van der Waals surface area contributed by atoms with Crippen molar-refractivity contribution in [2.24, 2.45) is 0 Å². The summed E-state index contributed by atoms with van der Waals surface area (Å²) in [5, 5.41) is 6.77. The van der Waals surface area contributed by atoms with Gasteiger partial charge in [-0.1, -0.05) is 36.2 Å². The van der Waals surface area contributed by atoms with Gasteiger partial charge in [-0.05, 0) is 36.8 Å². The molecular formula is C15H15Cl2N3O. The van der Waals surface area contributed by atoms with Gasteiger partial charge < -0.3 is 10.6 Å². The van der Waals surface area contributed by atoms with E-state index in [1.165, 1.54) is 0 Å². The Bertz CT molecular complexity index is 647. The highest BCUT2D eigenvalue weighted by atomic mass is 35.5. The number of aromatic nitrogens is 1. The smallest absolute Gasteiger partial charge is 0.274 e. The topological polar surface area (TPSA) is 54.0 Å². The van der Waals surface area contributed by atoms with Crippen molar-refractivity contribution in [2.75, 3.05) is 17.2 Å². The number of nitrogens with zero attached hydrogens (tertiary/aromatic N) is 1. The van der Waals surface area contributed by atoms with E-state index in [0.717, 1.165) is 13.0 Å². The maximum atomic E-state index is 12.2. The summed E-state index contributed by atoms with van der Waals surface area (Å²) in [4.78, 5) is 16.5. The standard InChI is InChI=1S/C15H15Cl2N3O/c1-2-8-18-14-5-3-4-12(19-14)15(21)20-13-9-10(16)6-7-11(13)17/h3-7,9H,2,8H2,1H3,(H,18,19)(H,20,21). The maximum Gasteiger partial charge on any atom is 0.274 e. The molecule has 21 heavy (non-hydrogen) atoms. The summed E-state index contributed by atoms with van der Waals surface area (Å²) in [6.07, 6.45) is 0.982. The fourth-order valence-electron chi connectivity index (χ4n) is 1.69. The Morgan fingerprint density at radius 1 is 1.24 bits per heavy atom. The van der Waals surface area contributed by atoms with Crippen molar-refractivity contribution in [3.05, 3.63) is 52.1 Å². The Morgan fingerprint density at radius 3 is 2.81 bits per heavy atom. The van der Waals surface area contributed by atoms with Gasteiger partial charge in [0.15, 0.2) is 0 Å². The van der Waals surface area contributed by atoms with E-state index in [1.807, 2.05) is 6.07 Å². The third-order valence-corrected chi connectivity index (χ3v) is 3.28. The van der Waals surface area contributed by atoms with Gasteiger partial charge in [0.1, 0.15) is 11.5 Å². The molecule has 0 spiro atoms. The van der Waals surface area contributed by atoms with Crippen LogP contribution in [0, 0.1) is 0 Å². The highest BCUT2D eigenvalue weighted by molar-refractivity contribution is 6.35. The lowest BCUT2D eigenvalue weighted by atomic mass is 10.3. The largest absolute Gasteiger partial charge is 0.370 e. The molecule has 0 saturated heterocycles. The van der Waals surface area contributed by atoms with E-state index in [2.05, 4.69) is 22.5 Å². The Balaban J connectivity index is 2.14. The first-order valence-corrected chi connectivity index (χ1v) is 7.33. The summed E-state index contributed by atoms with van der Waals surface area (Å²) in [6.45, 7) is 2.86. The average Bonchev–Trinajstić information content (AvgIpc) is 2.49. The zero-order valence-electron chi connectivity index (χ0n) is 11.5. The number of amides is 1. The monoisotopic (exact) mass is 323 g/mol. The van der Waals surface area contributed by atoms with Gasteiger partial charge in [-0.25, -0.2) is 4.98 Å². The maximum absolute atomic E-state index is 12.2. The average molecular weight is 324 g/mol. The molecule has 2 N–H and O–H groups in total. The number of hydrogen-bond donors (Lipinski definition) is 2. The van der Waals surface area contributed by atoms with E-state index in [9.17, 15) is 4.79 Å². The predicted octanol–water partition coefficient (Wildman–Crippen LogP) is 4.46. The molecule has 0 unspecified atom stereocenters. The second kappa shape index (κ2) is 7.29. The van der Waals surface area contributed by atoms with Gasteiger partial charge in [0.2, 0.25) is 0 Å². The summed E-state index contributed by atoms with van der Waals surface area (Å²) in [7, 11) is 0. The third kappa shape index (κ3) is 4.34. The van der Waals surface area contributed by atoms with Gasteiger partial charge in [-0.15, -0.1) is 0 Å². The van der Waals surface area contributed by atoms with Gasteiger partial charge in [0.05, 0.1) is 10.7 Å². The summed E-state index contributed by atoms with van der Waals surface area (Å²) in [6, 6.07) is 10.1. The number of anilines is 2. The normalized spacial score (nSPS) is 10.2. The molecule has 0 saturated carbocycles. The van der Waals surface area contributed by atoms with Crippen LogP contribution in [-0.2, 0) is 0 Å². The van der Waals surface area contributed by atoms with Crippen LogP contribution in [0.5, 0.6) is 0 Å². The molecule has 1 aromatic heterocycles. The highest BCUT2D eigenvalue weighted by Crippen LogP contribution is 2.25. The van der Waals surface area contributed by atoms with Crippen molar-refractivity contribution in [2.45, 2.75) is 13.3 Å². The first-order valence-electron chi connectivity index (χ1n) is 6.57. The molecule has 4 nitrogen and oxygen atoms in total. The van der Waals surface area contributed by atoms with Crippen LogP contribution in [0.4, 0.5) is 11.5 Å². The molecule has 0 bridgehead atoms. The number of carbonyl (C=O) groups excluding carboxylic acids is 1. The Hall–Kier alpha value is -1.78. The minimum Gasteiger partial charge on any atom is -0.370 e. The van der Waals surface area contributed by atoms with Gasteiger partial charge in [-0.3, -0.25) is 4.79 Å². The summed E-state index contributed by atoms with van der Waals surface area (Å²) < 4.78 is 0. The second-order valence-electron chi connectivity index (χ2n) is 4.41. The van der Waals surface area contributed by atoms with E-state index in [4.69, 9.17) is 23.2 Å². The molecule has 2 aromatic rings. The van der Waals surface area contributed by atoms with E-state index < -0.39 is 0 Å². The molecule has 0 atom stereocenters. The van der Waals surface area contributed by atoms with Crippen molar-refractivity contribution >= 4 is 40.6 Å². The lowest BCUT2D eigenvalue weighted by Gasteiger charge is -2.09. The molecule has 0 aliphatic rings. The number of hydrogen-bond acceptors (Lipinski definition) is 3. The minimum absolute atomic E-state index is 0.312. The van der Waals surface area contributed by atoms with Crippen molar-refractivity contribution in [3.63, 3.8) is 0 Å². The quantitative estimate of drug-likeness (QED) is 0.853. The number of pyridine rings is 1. The minimum atomic E-state index is -0.334. The fourth-order valence-corrected chi connectivity index (χ4v) is 2.03. The molecular weight excluding hydrogens is 309 g/mol. The van der Waals surface area contributed by atoms with Crippen LogP contribution in [0.15, 0.2) is 36.4 Å². The molecule has 110 valence electrons. The van der Waals surface area contributed by atoms with Crippen molar-refractivity contribution in [1.82, 2.24) is 4.98 Å². The molecule has 0 fully saturated rings. The number of nitrogens with one attached hydrogen (secondary N) is 2. The van der Waals surface area contributed by atoms with E-state index in [0.29, 0.717) is 27.2 Å². The highest BCUT2D eigenvalue weighted by Gasteiger charge is 2.11. The molecule has 1 heterocycles. The van der Waals surface area contributed by atoms with Crippen LogP contribution in [0.3, 0.4) is 0 Å². The predicted molar refractivity (Wildman–Crippen MR) is 87.4 cm³/mol. The van der Waals surface area contributed by atoms with Crippen LogP contribution in [0.2, 0.25) is 10.0 Å². The summed E-state index contributed by atoms with van der Waals surface area (Å²) in [5.41, 5.74) is 0.773. The van der Waals surface area contributed by atoms with Gasteiger partial charge in [0, 0.05) is 11.6 Å². The molecule has 1 aromatic carbocycles. The molecule has 6 heteroatoms.